The van der Waals surface area contributed by atoms with Crippen LogP contribution in [0.4, 0.5) is 13.2 Å². The average molecular weight is 217 g/mol. The summed E-state index contributed by atoms with van der Waals surface area (Å²) in [6, 6.07) is 2.61. The van der Waals surface area contributed by atoms with Crippen molar-refractivity contribution in [3.8, 4) is 0 Å². The quantitative estimate of drug-likeness (QED) is 0.783. The molecular formula is C10H10F3NO. The Labute approximate surface area is 84.8 Å². The number of benzene rings is 1. The molecule has 1 unspecified atom stereocenters. The number of alkyl halides is 3. The third-order valence-electron chi connectivity index (χ3n) is 2.46. The van der Waals surface area contributed by atoms with Gasteiger partial charge in [-0.2, -0.15) is 13.2 Å². The number of hydrogen-bond acceptors (Lipinski definition) is 2. The largest absolute Gasteiger partial charge is 0.407 e. The molecule has 1 atom stereocenters. The van der Waals surface area contributed by atoms with E-state index in [4.69, 9.17) is 10.5 Å². The topological polar surface area (TPSA) is 35.2 Å². The zero-order valence-corrected chi connectivity index (χ0v) is 7.84. The summed E-state index contributed by atoms with van der Waals surface area (Å²) in [4.78, 5) is 0. The van der Waals surface area contributed by atoms with Gasteiger partial charge in [-0.25, -0.2) is 0 Å². The number of fused-ring (bicyclic) bond motifs is 1. The molecule has 5 heteroatoms. The molecule has 0 fully saturated rings. The lowest BCUT2D eigenvalue weighted by atomic mass is 10.0. The molecule has 2 N–H and O–H groups in total. The highest BCUT2D eigenvalue weighted by Gasteiger charge is 2.38. The van der Waals surface area contributed by atoms with Crippen LogP contribution in [0.5, 0.6) is 0 Å². The molecule has 2 nitrogen and oxygen atoms in total. The molecule has 0 saturated carbocycles. The molecule has 2 rings (SSSR count). The normalized spacial score (nSPS) is 17.6. The van der Waals surface area contributed by atoms with Crippen LogP contribution in [-0.4, -0.2) is 6.18 Å². The van der Waals surface area contributed by atoms with Gasteiger partial charge in [-0.15, -0.1) is 0 Å². The zero-order chi connectivity index (χ0) is 11.1. The van der Waals surface area contributed by atoms with Crippen LogP contribution in [0.1, 0.15) is 22.7 Å². The number of hydrogen-bond donors (Lipinski definition) is 1. The van der Waals surface area contributed by atoms with E-state index in [1.165, 1.54) is 12.1 Å². The third kappa shape index (κ3) is 1.98. The van der Waals surface area contributed by atoms with Gasteiger partial charge in [-0.1, -0.05) is 18.2 Å². The molecule has 1 heterocycles. The molecule has 15 heavy (non-hydrogen) atoms. The minimum atomic E-state index is -4.40. The summed E-state index contributed by atoms with van der Waals surface area (Å²) in [7, 11) is 0. The van der Waals surface area contributed by atoms with E-state index in [0.29, 0.717) is 13.2 Å². The minimum absolute atomic E-state index is 0.0896. The first-order valence-corrected chi connectivity index (χ1v) is 4.50. The number of nitrogens with two attached hydrogens (primary N) is 1. The predicted molar refractivity (Wildman–Crippen MR) is 47.9 cm³/mol. The molecule has 0 radical (unpaired) electrons. The Morgan fingerprint density at radius 1 is 1.20 bits per heavy atom. The summed E-state index contributed by atoms with van der Waals surface area (Å²) in [6.45, 7) is 0.838. The first kappa shape index (κ1) is 10.4. The molecule has 0 aliphatic carbocycles. The van der Waals surface area contributed by atoms with E-state index in [1.807, 2.05) is 0 Å². The van der Waals surface area contributed by atoms with E-state index in [9.17, 15) is 13.2 Å². The molecule has 1 aromatic carbocycles. The summed E-state index contributed by atoms with van der Waals surface area (Å²) >= 11 is 0. The van der Waals surface area contributed by atoms with Crippen molar-refractivity contribution in [2.24, 2.45) is 5.73 Å². The van der Waals surface area contributed by atoms with E-state index in [0.717, 1.165) is 11.1 Å². The molecule has 1 aliphatic heterocycles. The second-order valence-corrected chi connectivity index (χ2v) is 3.54. The van der Waals surface area contributed by atoms with E-state index < -0.39 is 12.2 Å². The van der Waals surface area contributed by atoms with Crippen LogP contribution in [0.15, 0.2) is 18.2 Å². The molecule has 0 amide bonds. The third-order valence-corrected chi connectivity index (χ3v) is 2.46. The van der Waals surface area contributed by atoms with E-state index in [-0.39, 0.29) is 5.56 Å². The van der Waals surface area contributed by atoms with Crippen molar-refractivity contribution in [3.63, 3.8) is 0 Å². The van der Waals surface area contributed by atoms with Crippen molar-refractivity contribution in [1.29, 1.82) is 0 Å². The minimum Gasteiger partial charge on any atom is -0.372 e. The number of rotatable bonds is 1. The Balaban J connectivity index is 2.31. The van der Waals surface area contributed by atoms with Gasteiger partial charge in [0.25, 0.3) is 0 Å². The van der Waals surface area contributed by atoms with E-state index in [2.05, 4.69) is 0 Å². The Bertz CT molecular complexity index is 375. The van der Waals surface area contributed by atoms with Crippen molar-refractivity contribution in [2.75, 3.05) is 0 Å². The second-order valence-electron chi connectivity index (χ2n) is 3.54. The van der Waals surface area contributed by atoms with Crippen LogP contribution >= 0.6 is 0 Å². The molecule has 82 valence electrons. The molecular weight excluding hydrogens is 207 g/mol. The van der Waals surface area contributed by atoms with Crippen LogP contribution in [0.3, 0.4) is 0 Å². The summed E-state index contributed by atoms with van der Waals surface area (Å²) < 4.78 is 42.1. The van der Waals surface area contributed by atoms with Gasteiger partial charge in [0.1, 0.15) is 6.04 Å². The predicted octanol–water partition coefficient (Wildman–Crippen LogP) is 2.28. The first-order chi connectivity index (χ1) is 6.98. The van der Waals surface area contributed by atoms with Gasteiger partial charge >= 0.3 is 6.18 Å². The van der Waals surface area contributed by atoms with Gasteiger partial charge < -0.3 is 10.5 Å². The molecule has 1 aliphatic rings. The van der Waals surface area contributed by atoms with Gasteiger partial charge in [0, 0.05) is 0 Å². The Hall–Kier alpha value is -1.07. The van der Waals surface area contributed by atoms with Gasteiger partial charge in [0.05, 0.1) is 13.2 Å². The molecule has 0 aromatic heterocycles. The Morgan fingerprint density at radius 2 is 1.87 bits per heavy atom. The summed E-state index contributed by atoms with van der Waals surface area (Å²) in [5, 5.41) is 0. The molecule has 0 bridgehead atoms. The van der Waals surface area contributed by atoms with Crippen molar-refractivity contribution in [1.82, 2.24) is 0 Å². The molecule has 0 spiro atoms. The lowest BCUT2D eigenvalue weighted by molar-refractivity contribution is -0.149. The maximum absolute atomic E-state index is 12.3. The van der Waals surface area contributed by atoms with Crippen molar-refractivity contribution < 1.29 is 17.9 Å². The molecule has 1 aromatic rings. The van der Waals surface area contributed by atoms with Crippen molar-refractivity contribution >= 4 is 0 Å². The van der Waals surface area contributed by atoms with Gasteiger partial charge in [0.2, 0.25) is 0 Å². The van der Waals surface area contributed by atoms with Gasteiger partial charge in [-0.05, 0) is 16.7 Å². The zero-order valence-electron chi connectivity index (χ0n) is 7.84. The maximum Gasteiger partial charge on any atom is 0.407 e. The first-order valence-electron chi connectivity index (χ1n) is 4.50. The van der Waals surface area contributed by atoms with Crippen LogP contribution in [0.2, 0.25) is 0 Å². The second kappa shape index (κ2) is 3.50. The lowest BCUT2D eigenvalue weighted by Crippen LogP contribution is -2.28. The Kier molecular flexibility index (Phi) is 2.44. The van der Waals surface area contributed by atoms with Crippen LogP contribution < -0.4 is 5.73 Å². The summed E-state index contributed by atoms with van der Waals surface area (Å²) in [6.07, 6.45) is -4.40. The standard InChI is InChI=1S/C10H10F3NO/c11-10(12,13)9(14)6-1-2-7-4-15-5-8(7)3-6/h1-3,9H,4-5,14H2. The van der Waals surface area contributed by atoms with Crippen molar-refractivity contribution in [2.45, 2.75) is 25.4 Å². The lowest BCUT2D eigenvalue weighted by Gasteiger charge is -2.16. The SMILES string of the molecule is NC(c1ccc2c(c1)COC2)C(F)(F)F. The van der Waals surface area contributed by atoms with Crippen molar-refractivity contribution in [3.05, 3.63) is 34.9 Å². The van der Waals surface area contributed by atoms with Crippen LogP contribution in [0.25, 0.3) is 0 Å². The van der Waals surface area contributed by atoms with Crippen LogP contribution in [-0.2, 0) is 18.0 Å². The number of ether oxygens (including phenoxy) is 1. The van der Waals surface area contributed by atoms with E-state index in [1.54, 1.807) is 6.07 Å². The maximum atomic E-state index is 12.3. The highest BCUT2D eigenvalue weighted by Crippen LogP contribution is 2.32. The number of halogens is 3. The average Bonchev–Trinajstić information content (AvgIpc) is 2.61. The fraction of sp³-hybridized carbons (Fsp3) is 0.400. The smallest absolute Gasteiger partial charge is 0.372 e. The monoisotopic (exact) mass is 217 g/mol. The fourth-order valence-electron chi connectivity index (χ4n) is 1.57. The highest BCUT2D eigenvalue weighted by molar-refractivity contribution is 5.34. The Morgan fingerprint density at radius 3 is 2.53 bits per heavy atom. The van der Waals surface area contributed by atoms with Gasteiger partial charge in [-0.3, -0.25) is 0 Å². The van der Waals surface area contributed by atoms with Gasteiger partial charge in [0.15, 0.2) is 0 Å². The summed E-state index contributed by atoms with van der Waals surface area (Å²) in [5.74, 6) is 0. The molecule has 0 saturated heterocycles. The fourth-order valence-corrected chi connectivity index (χ4v) is 1.57. The summed E-state index contributed by atoms with van der Waals surface area (Å²) in [5.41, 5.74) is 6.93. The highest BCUT2D eigenvalue weighted by atomic mass is 19.4. The van der Waals surface area contributed by atoms with Crippen LogP contribution in [0, 0.1) is 0 Å². The van der Waals surface area contributed by atoms with E-state index >= 15 is 0 Å².